The molecule has 3 rings (SSSR count). The van der Waals surface area contributed by atoms with Gasteiger partial charge in [0.15, 0.2) is 6.10 Å². The summed E-state index contributed by atoms with van der Waals surface area (Å²) in [4.78, 5) is 35.1. The Labute approximate surface area is 205 Å². The van der Waals surface area contributed by atoms with Gasteiger partial charge in [-0.2, -0.15) is 0 Å². The molecule has 8 heteroatoms. The Morgan fingerprint density at radius 2 is 1.54 bits per heavy atom. The van der Waals surface area contributed by atoms with Crippen LogP contribution in [0.4, 0.5) is 4.79 Å². The zero-order valence-corrected chi connectivity index (χ0v) is 20.2. The van der Waals surface area contributed by atoms with E-state index in [9.17, 15) is 19.5 Å². The average Bonchev–Trinajstić information content (AvgIpc) is 3.16. The highest BCUT2D eigenvalue weighted by molar-refractivity contribution is 5.79. The Kier molecular flexibility index (Phi) is 9.25. The molecular formula is C27H34N2O6. The average molecular weight is 483 g/mol. The number of carbonyl (C=O) groups is 3. The van der Waals surface area contributed by atoms with Gasteiger partial charge in [0.1, 0.15) is 6.61 Å². The Hall–Kier alpha value is -3.39. The molecule has 0 bridgehead atoms. The van der Waals surface area contributed by atoms with Gasteiger partial charge in [-0.05, 0) is 42.0 Å². The molecule has 2 unspecified atom stereocenters. The lowest BCUT2D eigenvalue weighted by Crippen LogP contribution is -2.35. The fourth-order valence-electron chi connectivity index (χ4n) is 4.40. The van der Waals surface area contributed by atoms with E-state index < -0.39 is 18.2 Å². The number of hydrogen-bond acceptors (Lipinski definition) is 5. The summed E-state index contributed by atoms with van der Waals surface area (Å²) in [7, 11) is 0. The molecule has 0 heterocycles. The van der Waals surface area contributed by atoms with Crippen molar-refractivity contribution in [3.63, 3.8) is 0 Å². The summed E-state index contributed by atoms with van der Waals surface area (Å²) in [5.41, 5.74) is 4.70. The lowest BCUT2D eigenvalue weighted by atomic mass is 9.98. The fourth-order valence-corrected chi connectivity index (χ4v) is 4.40. The molecule has 35 heavy (non-hydrogen) atoms. The van der Waals surface area contributed by atoms with Gasteiger partial charge < -0.3 is 25.6 Å². The van der Waals surface area contributed by atoms with Gasteiger partial charge in [-0.15, -0.1) is 0 Å². The van der Waals surface area contributed by atoms with E-state index in [1.165, 1.54) is 22.3 Å². The Morgan fingerprint density at radius 1 is 0.943 bits per heavy atom. The number of amides is 2. The molecule has 0 aliphatic heterocycles. The molecule has 2 amide bonds. The van der Waals surface area contributed by atoms with Crippen LogP contribution in [0.2, 0.25) is 0 Å². The highest BCUT2D eigenvalue weighted by Crippen LogP contribution is 2.44. The molecule has 0 spiro atoms. The van der Waals surface area contributed by atoms with Gasteiger partial charge in [0.2, 0.25) is 5.91 Å². The van der Waals surface area contributed by atoms with Crippen molar-refractivity contribution >= 4 is 18.0 Å². The van der Waals surface area contributed by atoms with Crippen molar-refractivity contribution in [2.45, 2.75) is 57.6 Å². The Balaban J connectivity index is 1.37. The van der Waals surface area contributed by atoms with E-state index >= 15 is 0 Å². The van der Waals surface area contributed by atoms with Gasteiger partial charge in [0.25, 0.3) is 0 Å². The van der Waals surface area contributed by atoms with Crippen molar-refractivity contribution in [2.75, 3.05) is 13.2 Å². The van der Waals surface area contributed by atoms with E-state index in [0.29, 0.717) is 12.8 Å². The molecule has 8 nitrogen and oxygen atoms in total. The number of fused-ring (bicyclic) bond motifs is 3. The summed E-state index contributed by atoms with van der Waals surface area (Å²) in [5.74, 6) is -1.72. The van der Waals surface area contributed by atoms with Gasteiger partial charge >= 0.3 is 12.1 Å². The number of aliphatic hydroxyl groups is 1. The minimum atomic E-state index is -1.48. The summed E-state index contributed by atoms with van der Waals surface area (Å²) in [6.45, 7) is 4.07. The van der Waals surface area contributed by atoms with Crippen molar-refractivity contribution < 1.29 is 29.3 Å². The lowest BCUT2D eigenvalue weighted by molar-refractivity contribution is -0.147. The van der Waals surface area contributed by atoms with Crippen LogP contribution in [0, 0.1) is 5.92 Å². The lowest BCUT2D eigenvalue weighted by Gasteiger charge is -2.18. The fraction of sp³-hybridized carbons (Fsp3) is 0.444. The third-order valence-electron chi connectivity index (χ3n) is 6.43. The van der Waals surface area contributed by atoms with Gasteiger partial charge in [-0.3, -0.25) is 4.79 Å². The number of alkyl carbamates (subject to hydrolysis) is 1. The van der Waals surface area contributed by atoms with Crippen LogP contribution >= 0.6 is 0 Å². The number of carbonyl (C=O) groups excluding carboxylic acids is 2. The zero-order chi connectivity index (χ0) is 25.4. The zero-order valence-electron chi connectivity index (χ0n) is 20.2. The third kappa shape index (κ3) is 7.05. The van der Waals surface area contributed by atoms with E-state index in [4.69, 9.17) is 9.84 Å². The topological polar surface area (TPSA) is 125 Å². The van der Waals surface area contributed by atoms with E-state index in [2.05, 4.69) is 34.9 Å². The molecule has 4 N–H and O–H groups in total. The maximum Gasteiger partial charge on any atom is 0.407 e. The molecule has 1 aliphatic rings. The number of ether oxygens (including phenoxy) is 1. The number of carboxylic acids is 1. The molecule has 188 valence electrons. The maximum atomic E-state index is 12.4. The number of benzene rings is 2. The SMILES string of the molecule is CC(CCCC(C)C(=O)NCC[C@H](O)C(=O)O)NC(=O)OCC1c2ccccc2-c2ccccc21. The smallest absolute Gasteiger partial charge is 0.407 e. The van der Waals surface area contributed by atoms with Crippen LogP contribution in [0.25, 0.3) is 11.1 Å². The quantitative estimate of drug-likeness (QED) is 0.366. The summed E-state index contributed by atoms with van der Waals surface area (Å²) in [6, 6.07) is 16.3. The molecular weight excluding hydrogens is 448 g/mol. The number of nitrogens with one attached hydrogen (secondary N) is 2. The van der Waals surface area contributed by atoms with E-state index in [-0.39, 0.29) is 43.4 Å². The molecule has 3 atom stereocenters. The summed E-state index contributed by atoms with van der Waals surface area (Å²) < 4.78 is 5.58. The first kappa shape index (κ1) is 26.2. The number of aliphatic hydroxyl groups excluding tert-OH is 1. The minimum absolute atomic E-state index is 0.0134. The van der Waals surface area contributed by atoms with Crippen LogP contribution in [-0.4, -0.2) is 53.5 Å². The molecule has 2 aromatic carbocycles. The standard InChI is InChI=1S/C27H34N2O6/c1-17(25(31)28-15-14-24(30)26(32)33)8-7-9-18(2)29-27(34)35-16-23-21-12-5-3-10-19(21)20-11-4-6-13-22(20)23/h3-6,10-13,17-18,23-24,30H,7-9,14-16H2,1-2H3,(H,28,31)(H,29,34)(H,32,33)/t17?,18?,24-/m0/s1. The van der Waals surface area contributed by atoms with Crippen molar-refractivity contribution in [1.29, 1.82) is 0 Å². The van der Waals surface area contributed by atoms with Gasteiger partial charge in [-0.1, -0.05) is 61.9 Å². The second-order valence-electron chi connectivity index (χ2n) is 9.14. The largest absolute Gasteiger partial charge is 0.479 e. The molecule has 1 aliphatic carbocycles. The molecule has 0 aromatic heterocycles. The minimum Gasteiger partial charge on any atom is -0.479 e. The van der Waals surface area contributed by atoms with Crippen molar-refractivity contribution in [1.82, 2.24) is 10.6 Å². The second kappa shape index (κ2) is 12.4. The Morgan fingerprint density at radius 3 is 2.14 bits per heavy atom. The number of aliphatic carboxylic acids is 1. The normalized spacial score (nSPS) is 14.8. The van der Waals surface area contributed by atoms with E-state index in [0.717, 1.165) is 6.42 Å². The summed E-state index contributed by atoms with van der Waals surface area (Å²) >= 11 is 0. The molecule has 2 aromatic rings. The number of carboxylic acid groups (broad SMARTS) is 1. The third-order valence-corrected chi connectivity index (χ3v) is 6.43. The van der Waals surface area contributed by atoms with Crippen LogP contribution in [0.1, 0.15) is 56.6 Å². The van der Waals surface area contributed by atoms with Crippen molar-refractivity contribution in [2.24, 2.45) is 5.92 Å². The second-order valence-corrected chi connectivity index (χ2v) is 9.14. The maximum absolute atomic E-state index is 12.4. The van der Waals surface area contributed by atoms with Crippen LogP contribution in [0.15, 0.2) is 48.5 Å². The summed E-state index contributed by atoms with van der Waals surface area (Å²) in [6.07, 6.45) is 0.0906. The number of hydrogen-bond donors (Lipinski definition) is 4. The molecule has 0 saturated carbocycles. The Bertz CT molecular complexity index is 994. The van der Waals surface area contributed by atoms with Gasteiger partial charge in [0, 0.05) is 30.8 Å². The van der Waals surface area contributed by atoms with Crippen molar-refractivity contribution in [3.05, 3.63) is 59.7 Å². The summed E-state index contributed by atoms with van der Waals surface area (Å²) in [5, 5.41) is 23.4. The first-order valence-electron chi connectivity index (χ1n) is 12.1. The van der Waals surface area contributed by atoms with Crippen molar-refractivity contribution in [3.8, 4) is 11.1 Å². The number of rotatable bonds is 12. The van der Waals surface area contributed by atoms with Crippen LogP contribution in [0.5, 0.6) is 0 Å². The van der Waals surface area contributed by atoms with Crippen LogP contribution < -0.4 is 10.6 Å². The van der Waals surface area contributed by atoms with Gasteiger partial charge in [0.05, 0.1) is 0 Å². The molecule has 0 saturated heterocycles. The van der Waals surface area contributed by atoms with E-state index in [1.54, 1.807) is 6.92 Å². The van der Waals surface area contributed by atoms with E-state index in [1.807, 2.05) is 31.2 Å². The van der Waals surface area contributed by atoms with Crippen LogP contribution in [0.3, 0.4) is 0 Å². The predicted molar refractivity (Wildman–Crippen MR) is 132 cm³/mol. The predicted octanol–water partition coefficient (Wildman–Crippen LogP) is 3.67. The molecule has 0 radical (unpaired) electrons. The first-order valence-corrected chi connectivity index (χ1v) is 12.1. The van der Waals surface area contributed by atoms with Gasteiger partial charge in [-0.25, -0.2) is 9.59 Å². The highest BCUT2D eigenvalue weighted by Gasteiger charge is 2.29. The highest BCUT2D eigenvalue weighted by atomic mass is 16.5. The molecule has 0 fully saturated rings. The monoisotopic (exact) mass is 482 g/mol. The van der Waals surface area contributed by atoms with Crippen LogP contribution in [-0.2, 0) is 14.3 Å². The first-order chi connectivity index (χ1) is 16.8.